The Bertz CT molecular complexity index is 657. The number of nitrogens with zero attached hydrogens (tertiary/aromatic N) is 1. The molecule has 1 N–H and O–H groups in total. The molecule has 4 heteroatoms. The number of hydrogen-bond donors (Lipinski definition) is 1. The number of para-hydroxylation sites is 1. The Balaban J connectivity index is 2.28. The molecule has 2 atom stereocenters. The molecule has 0 saturated carbocycles. The second kappa shape index (κ2) is 9.59. The van der Waals surface area contributed by atoms with Crippen molar-refractivity contribution in [2.75, 3.05) is 11.4 Å². The number of rotatable bonds is 8. The maximum absolute atomic E-state index is 13.2. The van der Waals surface area contributed by atoms with Gasteiger partial charge < -0.3 is 10.0 Å². The normalized spacial score (nSPS) is 13.3. The van der Waals surface area contributed by atoms with Crippen molar-refractivity contribution in [3.63, 3.8) is 0 Å². The molecule has 134 valence electrons. The number of benzene rings is 2. The molecule has 2 aromatic carbocycles. The predicted octanol–water partition coefficient (Wildman–Crippen LogP) is 5.23. The molecular formula is C21H26ClNO2. The molecule has 0 bridgehead atoms. The molecule has 0 aliphatic carbocycles. The average Bonchev–Trinajstić information content (AvgIpc) is 2.64. The number of amides is 1. The molecule has 1 amide bonds. The number of hydrogen-bond acceptors (Lipinski definition) is 2. The van der Waals surface area contributed by atoms with Gasteiger partial charge in [0.15, 0.2) is 0 Å². The highest BCUT2D eigenvalue weighted by atomic mass is 35.5. The quantitative estimate of drug-likeness (QED) is 0.700. The monoisotopic (exact) mass is 359 g/mol. The fourth-order valence-corrected chi connectivity index (χ4v) is 3.13. The molecule has 0 unspecified atom stereocenters. The smallest absolute Gasteiger partial charge is 0.233 e. The number of aliphatic hydroxyl groups is 1. The van der Waals surface area contributed by atoms with Crippen LogP contribution in [0.25, 0.3) is 0 Å². The predicted molar refractivity (Wildman–Crippen MR) is 104 cm³/mol. The summed E-state index contributed by atoms with van der Waals surface area (Å²) in [7, 11) is 0. The van der Waals surface area contributed by atoms with Crippen molar-refractivity contribution in [1.82, 2.24) is 0 Å². The van der Waals surface area contributed by atoms with Crippen molar-refractivity contribution < 1.29 is 9.90 Å². The summed E-state index contributed by atoms with van der Waals surface area (Å²) in [6.07, 6.45) is 1.69. The first-order valence-corrected chi connectivity index (χ1v) is 9.26. The average molecular weight is 360 g/mol. The SMILES string of the molecule is CCCC[C@@H](C(=O)N(CC)c1ccccc1)[C@H](O)c1ccc(Cl)cc1. The fraction of sp³-hybridized carbons (Fsp3) is 0.381. The zero-order chi connectivity index (χ0) is 18.2. The summed E-state index contributed by atoms with van der Waals surface area (Å²) in [5.41, 5.74) is 1.59. The molecule has 0 aromatic heterocycles. The minimum atomic E-state index is -0.839. The zero-order valence-corrected chi connectivity index (χ0v) is 15.6. The first-order valence-electron chi connectivity index (χ1n) is 8.88. The van der Waals surface area contributed by atoms with Gasteiger partial charge in [-0.2, -0.15) is 0 Å². The van der Waals surface area contributed by atoms with Crippen molar-refractivity contribution in [1.29, 1.82) is 0 Å². The highest BCUT2D eigenvalue weighted by molar-refractivity contribution is 6.30. The van der Waals surface area contributed by atoms with Gasteiger partial charge in [0.25, 0.3) is 0 Å². The lowest BCUT2D eigenvalue weighted by atomic mass is 9.89. The van der Waals surface area contributed by atoms with E-state index in [-0.39, 0.29) is 5.91 Å². The van der Waals surface area contributed by atoms with Crippen LogP contribution in [0.5, 0.6) is 0 Å². The highest BCUT2D eigenvalue weighted by Crippen LogP contribution is 2.30. The van der Waals surface area contributed by atoms with Gasteiger partial charge >= 0.3 is 0 Å². The summed E-state index contributed by atoms with van der Waals surface area (Å²) in [5, 5.41) is 11.5. The largest absolute Gasteiger partial charge is 0.388 e. The van der Waals surface area contributed by atoms with Crippen LogP contribution in [0.4, 0.5) is 5.69 Å². The van der Waals surface area contributed by atoms with Gasteiger partial charge in [0.05, 0.1) is 12.0 Å². The molecule has 0 aliphatic rings. The van der Waals surface area contributed by atoms with E-state index in [9.17, 15) is 9.90 Å². The first kappa shape index (κ1) is 19.5. The van der Waals surface area contributed by atoms with Crippen molar-refractivity contribution in [3.05, 3.63) is 65.2 Å². The number of unbranched alkanes of at least 4 members (excludes halogenated alkanes) is 1. The molecule has 2 aromatic rings. The van der Waals surface area contributed by atoms with Crippen LogP contribution in [0.15, 0.2) is 54.6 Å². The molecular weight excluding hydrogens is 334 g/mol. The van der Waals surface area contributed by atoms with Crippen molar-refractivity contribution >= 4 is 23.2 Å². The summed E-state index contributed by atoms with van der Waals surface area (Å²) in [6, 6.07) is 16.7. The highest BCUT2D eigenvalue weighted by Gasteiger charge is 2.31. The number of aliphatic hydroxyl groups excluding tert-OH is 1. The maximum Gasteiger partial charge on any atom is 0.233 e. The first-order chi connectivity index (χ1) is 12.1. The molecule has 0 fully saturated rings. The Morgan fingerprint density at radius 3 is 2.28 bits per heavy atom. The fourth-order valence-electron chi connectivity index (χ4n) is 3.01. The Morgan fingerprint density at radius 2 is 1.72 bits per heavy atom. The number of halogens is 1. The zero-order valence-electron chi connectivity index (χ0n) is 14.9. The number of carbonyl (C=O) groups is 1. The van der Waals surface area contributed by atoms with Crippen LogP contribution < -0.4 is 4.90 Å². The van der Waals surface area contributed by atoms with E-state index in [1.807, 2.05) is 37.3 Å². The molecule has 0 aliphatic heterocycles. The summed E-state index contributed by atoms with van der Waals surface area (Å²) >= 11 is 5.94. The van der Waals surface area contributed by atoms with Gasteiger partial charge in [0.2, 0.25) is 5.91 Å². The van der Waals surface area contributed by atoms with E-state index in [0.29, 0.717) is 18.0 Å². The third-order valence-electron chi connectivity index (χ3n) is 4.43. The summed E-state index contributed by atoms with van der Waals surface area (Å²) in [5.74, 6) is -0.508. The molecule has 0 radical (unpaired) electrons. The third kappa shape index (κ3) is 5.07. The maximum atomic E-state index is 13.2. The van der Waals surface area contributed by atoms with Crippen LogP contribution in [0, 0.1) is 5.92 Å². The summed E-state index contributed by atoms with van der Waals surface area (Å²) in [6.45, 7) is 4.61. The van der Waals surface area contributed by atoms with E-state index >= 15 is 0 Å². The summed E-state index contributed by atoms with van der Waals surface area (Å²) < 4.78 is 0. The van der Waals surface area contributed by atoms with E-state index in [2.05, 4.69) is 6.92 Å². The van der Waals surface area contributed by atoms with Gasteiger partial charge in [0.1, 0.15) is 0 Å². The van der Waals surface area contributed by atoms with Crippen molar-refractivity contribution in [2.45, 2.75) is 39.2 Å². The lowest BCUT2D eigenvalue weighted by Gasteiger charge is -2.29. The lowest BCUT2D eigenvalue weighted by Crippen LogP contribution is -2.38. The van der Waals surface area contributed by atoms with E-state index < -0.39 is 12.0 Å². The topological polar surface area (TPSA) is 40.5 Å². The van der Waals surface area contributed by atoms with Crippen LogP contribution in [0.2, 0.25) is 5.02 Å². The van der Waals surface area contributed by atoms with Crippen LogP contribution in [-0.2, 0) is 4.79 Å². The molecule has 3 nitrogen and oxygen atoms in total. The molecule has 2 rings (SSSR count). The van der Waals surface area contributed by atoms with Gasteiger partial charge in [-0.1, -0.05) is 61.7 Å². The third-order valence-corrected chi connectivity index (χ3v) is 4.68. The van der Waals surface area contributed by atoms with Crippen LogP contribution in [-0.4, -0.2) is 17.6 Å². The second-order valence-corrected chi connectivity index (χ2v) is 6.60. The minimum absolute atomic E-state index is 0.0374. The molecule has 25 heavy (non-hydrogen) atoms. The Hall–Kier alpha value is -1.84. The van der Waals surface area contributed by atoms with Gasteiger partial charge in [-0.25, -0.2) is 0 Å². The van der Waals surface area contributed by atoms with Crippen LogP contribution in [0.1, 0.15) is 44.8 Å². The van der Waals surface area contributed by atoms with E-state index in [1.165, 1.54) is 0 Å². The van der Waals surface area contributed by atoms with E-state index in [0.717, 1.165) is 24.1 Å². The second-order valence-electron chi connectivity index (χ2n) is 6.16. The van der Waals surface area contributed by atoms with E-state index in [4.69, 9.17) is 11.6 Å². The van der Waals surface area contributed by atoms with Crippen molar-refractivity contribution in [2.24, 2.45) is 5.92 Å². The van der Waals surface area contributed by atoms with Crippen LogP contribution in [0.3, 0.4) is 0 Å². The number of anilines is 1. The van der Waals surface area contributed by atoms with Gasteiger partial charge in [-0.15, -0.1) is 0 Å². The van der Waals surface area contributed by atoms with Gasteiger partial charge in [-0.3, -0.25) is 4.79 Å². The lowest BCUT2D eigenvalue weighted by molar-refractivity contribution is -0.126. The Labute approximate surface area is 155 Å². The van der Waals surface area contributed by atoms with Crippen LogP contribution >= 0.6 is 11.6 Å². The molecule has 0 spiro atoms. The molecule has 0 saturated heterocycles. The van der Waals surface area contributed by atoms with Gasteiger partial charge in [-0.05, 0) is 43.2 Å². The standard InChI is InChI=1S/C21H26ClNO2/c1-3-5-11-19(20(24)16-12-14-17(22)15-13-16)21(25)23(4-2)18-9-7-6-8-10-18/h6-10,12-15,19-20,24H,3-5,11H2,1-2H3/t19-,20-/m1/s1. The Morgan fingerprint density at radius 1 is 1.08 bits per heavy atom. The van der Waals surface area contributed by atoms with Gasteiger partial charge in [0, 0.05) is 17.3 Å². The number of carbonyl (C=O) groups excluding carboxylic acids is 1. The Kier molecular flexibility index (Phi) is 7.48. The minimum Gasteiger partial charge on any atom is -0.388 e. The molecule has 0 heterocycles. The van der Waals surface area contributed by atoms with E-state index in [1.54, 1.807) is 29.2 Å². The van der Waals surface area contributed by atoms with Crippen molar-refractivity contribution in [3.8, 4) is 0 Å². The summed E-state index contributed by atoms with van der Waals surface area (Å²) in [4.78, 5) is 15.0.